The average molecular weight is 451 g/mol. The van der Waals surface area contributed by atoms with Gasteiger partial charge in [-0.25, -0.2) is 4.79 Å². The molecule has 0 aliphatic carbocycles. The Labute approximate surface area is 187 Å². The van der Waals surface area contributed by atoms with Gasteiger partial charge in [0.05, 0.1) is 12.1 Å². The number of nitrogens with two attached hydrogens (primary N) is 1. The average Bonchev–Trinajstić information content (AvgIpc) is 2.71. The van der Waals surface area contributed by atoms with Gasteiger partial charge in [0.15, 0.2) is 0 Å². The number of aliphatic hydroxyl groups excluding tert-OH is 1. The highest BCUT2D eigenvalue weighted by Crippen LogP contribution is 2.06. The summed E-state index contributed by atoms with van der Waals surface area (Å²) in [6, 6.07) is 4.69. The first kappa shape index (κ1) is 27.1. The number of aliphatic hydroxyl groups is 1. The maximum Gasteiger partial charge on any atom is 0.326 e. The molecule has 178 valence electrons. The Kier molecular flexibility index (Phi) is 10.8. The highest BCUT2D eigenvalue weighted by atomic mass is 16.4. The van der Waals surface area contributed by atoms with Crippen molar-refractivity contribution in [3.8, 4) is 0 Å². The van der Waals surface area contributed by atoms with Crippen LogP contribution in [0.25, 0.3) is 0 Å². The first-order valence-corrected chi connectivity index (χ1v) is 10.5. The third-order valence-electron chi connectivity index (χ3n) is 4.77. The molecule has 0 saturated heterocycles. The lowest BCUT2D eigenvalue weighted by atomic mass is 10.0. The number of carbonyl (C=O) groups is 4. The number of carboxylic acids is 1. The number of hydrogen-bond donors (Lipinski definition) is 6. The summed E-state index contributed by atoms with van der Waals surface area (Å²) in [4.78, 5) is 48.7. The topological polar surface area (TPSA) is 171 Å². The highest BCUT2D eigenvalue weighted by Gasteiger charge is 2.31. The van der Waals surface area contributed by atoms with Gasteiger partial charge in [0.1, 0.15) is 18.1 Å². The molecule has 1 aromatic carbocycles. The Bertz CT molecular complexity index is 784. The minimum atomic E-state index is -1.39. The van der Waals surface area contributed by atoms with Crippen molar-refractivity contribution in [2.75, 3.05) is 0 Å². The molecule has 3 amide bonds. The van der Waals surface area contributed by atoms with Gasteiger partial charge in [-0.15, -0.1) is 0 Å². The molecular formula is C22H34N4O6. The fourth-order valence-electron chi connectivity index (χ4n) is 2.98. The number of hydrogen-bond acceptors (Lipinski definition) is 6. The molecule has 0 spiro atoms. The number of benzene rings is 1. The molecule has 5 unspecified atom stereocenters. The SMILES string of the molecule is CC(C)CC(NC(=O)C(NC(=O)C(C)NC(=O)C(N)Cc1ccccc1)C(C)O)C(=O)O. The first-order chi connectivity index (χ1) is 14.9. The van der Waals surface area contributed by atoms with Gasteiger partial charge in [-0.2, -0.15) is 0 Å². The van der Waals surface area contributed by atoms with Crippen molar-refractivity contribution in [1.29, 1.82) is 0 Å². The van der Waals surface area contributed by atoms with E-state index < -0.39 is 54.0 Å². The van der Waals surface area contributed by atoms with Gasteiger partial charge in [-0.1, -0.05) is 44.2 Å². The second kappa shape index (κ2) is 12.8. The van der Waals surface area contributed by atoms with Gasteiger partial charge in [0, 0.05) is 0 Å². The summed E-state index contributed by atoms with van der Waals surface area (Å²) in [7, 11) is 0. The Hall–Kier alpha value is -2.98. The third kappa shape index (κ3) is 9.03. The molecule has 0 heterocycles. The Morgan fingerprint density at radius 2 is 1.50 bits per heavy atom. The van der Waals surface area contributed by atoms with Crippen molar-refractivity contribution in [3.63, 3.8) is 0 Å². The largest absolute Gasteiger partial charge is 0.480 e. The van der Waals surface area contributed by atoms with Crippen molar-refractivity contribution in [1.82, 2.24) is 16.0 Å². The standard InChI is InChI=1S/C22H34N4O6/c1-12(2)10-17(22(31)32)25-21(30)18(14(4)27)26-19(28)13(3)24-20(29)16(23)11-15-8-6-5-7-9-15/h5-9,12-14,16-18,27H,10-11,23H2,1-4H3,(H,24,29)(H,25,30)(H,26,28)(H,31,32). The van der Waals surface area contributed by atoms with Crippen LogP contribution in [0.3, 0.4) is 0 Å². The van der Waals surface area contributed by atoms with Crippen molar-refractivity contribution in [2.24, 2.45) is 11.7 Å². The number of nitrogens with one attached hydrogen (secondary N) is 3. The number of aliphatic carboxylic acids is 1. The number of amides is 3. The van der Waals surface area contributed by atoms with Crippen LogP contribution < -0.4 is 21.7 Å². The first-order valence-electron chi connectivity index (χ1n) is 10.5. The summed E-state index contributed by atoms with van der Waals surface area (Å²) < 4.78 is 0. The predicted molar refractivity (Wildman–Crippen MR) is 118 cm³/mol. The minimum absolute atomic E-state index is 0.00585. The zero-order chi connectivity index (χ0) is 24.4. The molecule has 0 radical (unpaired) electrons. The van der Waals surface area contributed by atoms with Gasteiger partial charge < -0.3 is 31.9 Å². The maximum atomic E-state index is 12.5. The monoisotopic (exact) mass is 450 g/mol. The van der Waals surface area contributed by atoms with E-state index in [-0.39, 0.29) is 18.8 Å². The predicted octanol–water partition coefficient (Wildman–Crippen LogP) is -0.458. The molecule has 32 heavy (non-hydrogen) atoms. The smallest absolute Gasteiger partial charge is 0.326 e. The van der Waals surface area contributed by atoms with Crippen LogP contribution in [0.5, 0.6) is 0 Å². The van der Waals surface area contributed by atoms with Crippen LogP contribution in [-0.2, 0) is 25.6 Å². The molecule has 0 bridgehead atoms. The lowest BCUT2D eigenvalue weighted by molar-refractivity contribution is -0.143. The summed E-state index contributed by atoms with van der Waals surface area (Å²) in [5.41, 5.74) is 6.78. The molecule has 0 saturated carbocycles. The molecule has 0 aliphatic heterocycles. The van der Waals surface area contributed by atoms with Crippen LogP contribution in [0.4, 0.5) is 0 Å². The lowest BCUT2D eigenvalue weighted by Gasteiger charge is -2.25. The van der Waals surface area contributed by atoms with Crippen LogP contribution in [0.2, 0.25) is 0 Å². The van der Waals surface area contributed by atoms with E-state index in [1.54, 1.807) is 0 Å². The van der Waals surface area contributed by atoms with Crippen molar-refractivity contribution in [3.05, 3.63) is 35.9 Å². The molecular weight excluding hydrogens is 416 g/mol. The summed E-state index contributed by atoms with van der Waals surface area (Å²) in [5, 5.41) is 26.4. The molecule has 0 aromatic heterocycles. The van der Waals surface area contributed by atoms with Crippen LogP contribution in [0, 0.1) is 5.92 Å². The molecule has 10 nitrogen and oxygen atoms in total. The van der Waals surface area contributed by atoms with E-state index in [2.05, 4.69) is 16.0 Å². The Morgan fingerprint density at radius 1 is 0.906 bits per heavy atom. The van der Waals surface area contributed by atoms with Crippen LogP contribution >= 0.6 is 0 Å². The van der Waals surface area contributed by atoms with Gasteiger partial charge in [0.2, 0.25) is 17.7 Å². The second-order valence-corrected chi connectivity index (χ2v) is 8.28. The van der Waals surface area contributed by atoms with Gasteiger partial charge in [-0.3, -0.25) is 14.4 Å². The highest BCUT2D eigenvalue weighted by molar-refractivity contribution is 5.94. The molecule has 0 fully saturated rings. The van der Waals surface area contributed by atoms with Gasteiger partial charge >= 0.3 is 5.97 Å². The van der Waals surface area contributed by atoms with E-state index in [1.165, 1.54) is 13.8 Å². The minimum Gasteiger partial charge on any atom is -0.480 e. The van der Waals surface area contributed by atoms with Gasteiger partial charge in [-0.05, 0) is 38.2 Å². The summed E-state index contributed by atoms with van der Waals surface area (Å²) >= 11 is 0. The maximum absolute atomic E-state index is 12.5. The lowest BCUT2D eigenvalue weighted by Crippen LogP contribution is -2.59. The summed E-state index contributed by atoms with van der Waals surface area (Å²) in [6.07, 6.45) is -0.824. The zero-order valence-electron chi connectivity index (χ0n) is 18.9. The normalized spacial score (nSPS) is 15.7. The molecule has 1 aromatic rings. The Balaban J connectivity index is 2.70. The van der Waals surface area contributed by atoms with E-state index in [9.17, 15) is 29.4 Å². The summed E-state index contributed by atoms with van der Waals surface area (Å²) in [6.45, 7) is 6.33. The van der Waals surface area contributed by atoms with Crippen LogP contribution in [-0.4, -0.2) is 64.2 Å². The quantitative estimate of drug-likeness (QED) is 0.250. The molecule has 5 atom stereocenters. The molecule has 10 heteroatoms. The number of rotatable bonds is 12. The van der Waals surface area contributed by atoms with E-state index in [1.807, 2.05) is 44.2 Å². The fourth-order valence-corrected chi connectivity index (χ4v) is 2.98. The van der Waals surface area contributed by atoms with E-state index >= 15 is 0 Å². The van der Waals surface area contributed by atoms with E-state index in [0.29, 0.717) is 0 Å². The van der Waals surface area contributed by atoms with E-state index in [0.717, 1.165) is 5.56 Å². The zero-order valence-corrected chi connectivity index (χ0v) is 18.9. The fraction of sp³-hybridized carbons (Fsp3) is 0.545. The van der Waals surface area contributed by atoms with Crippen LogP contribution in [0.1, 0.15) is 39.7 Å². The second-order valence-electron chi connectivity index (χ2n) is 8.28. The molecule has 1 rings (SSSR count). The molecule has 0 aliphatic rings. The Morgan fingerprint density at radius 3 is 2.00 bits per heavy atom. The summed E-state index contributed by atoms with van der Waals surface area (Å²) in [5.74, 6) is -3.30. The number of carboxylic acid groups (broad SMARTS) is 1. The molecule has 7 N–H and O–H groups in total. The van der Waals surface area contributed by atoms with E-state index in [4.69, 9.17) is 5.73 Å². The third-order valence-corrected chi connectivity index (χ3v) is 4.77. The van der Waals surface area contributed by atoms with Crippen molar-refractivity contribution >= 4 is 23.7 Å². The van der Waals surface area contributed by atoms with Gasteiger partial charge in [0.25, 0.3) is 0 Å². The van der Waals surface area contributed by atoms with Crippen molar-refractivity contribution in [2.45, 2.75) is 70.8 Å². The van der Waals surface area contributed by atoms with Crippen LogP contribution in [0.15, 0.2) is 30.3 Å². The number of carbonyl (C=O) groups excluding carboxylic acids is 3. The van der Waals surface area contributed by atoms with Crippen molar-refractivity contribution < 1.29 is 29.4 Å².